The van der Waals surface area contributed by atoms with Crippen LogP contribution in [-0.2, 0) is 4.74 Å². The predicted octanol–water partition coefficient (Wildman–Crippen LogP) is 2.36. The monoisotopic (exact) mass is 254 g/mol. The molecule has 2 aliphatic rings. The summed E-state index contributed by atoms with van der Waals surface area (Å²) in [6.45, 7) is 10.2. The lowest BCUT2D eigenvalue weighted by atomic mass is 10.0. The van der Waals surface area contributed by atoms with Crippen molar-refractivity contribution in [3.05, 3.63) is 0 Å². The van der Waals surface area contributed by atoms with Crippen molar-refractivity contribution in [3.8, 4) is 0 Å². The van der Waals surface area contributed by atoms with E-state index in [2.05, 4.69) is 16.7 Å². The highest BCUT2D eigenvalue weighted by molar-refractivity contribution is 4.81. The van der Waals surface area contributed by atoms with Gasteiger partial charge in [0.15, 0.2) is 0 Å². The van der Waals surface area contributed by atoms with Gasteiger partial charge in [0.25, 0.3) is 0 Å². The van der Waals surface area contributed by atoms with E-state index < -0.39 is 0 Å². The lowest BCUT2D eigenvalue weighted by Gasteiger charge is -2.39. The van der Waals surface area contributed by atoms with E-state index in [9.17, 15) is 0 Å². The van der Waals surface area contributed by atoms with Gasteiger partial charge in [0.1, 0.15) is 0 Å². The summed E-state index contributed by atoms with van der Waals surface area (Å²) in [7, 11) is 0. The summed E-state index contributed by atoms with van der Waals surface area (Å²) < 4.78 is 5.48. The van der Waals surface area contributed by atoms with Crippen molar-refractivity contribution in [2.24, 2.45) is 0 Å². The zero-order valence-corrected chi connectivity index (χ0v) is 12.1. The van der Waals surface area contributed by atoms with E-state index in [1.54, 1.807) is 0 Å². The molecule has 0 aromatic heterocycles. The Bertz CT molecular complexity index is 215. The van der Waals surface area contributed by atoms with Gasteiger partial charge in [-0.05, 0) is 52.2 Å². The molecule has 2 heterocycles. The highest BCUT2D eigenvalue weighted by Crippen LogP contribution is 2.19. The molecule has 0 aliphatic carbocycles. The molecular weight excluding hydrogens is 224 g/mol. The third-order valence-corrected chi connectivity index (χ3v) is 4.39. The number of ether oxygens (including phenoxy) is 1. The van der Waals surface area contributed by atoms with Crippen molar-refractivity contribution in [3.63, 3.8) is 0 Å². The Kier molecular flexibility index (Phi) is 6.46. The maximum absolute atomic E-state index is 5.48. The summed E-state index contributed by atoms with van der Waals surface area (Å²) in [5.74, 6) is 0. The standard InChI is InChI=1S/C15H30N2O/c1-2-18-13-12-16-9-7-8-15(14-16)17-10-5-3-4-6-11-17/h15H,2-14H2,1H3. The number of piperidine rings is 1. The third kappa shape index (κ3) is 4.52. The summed E-state index contributed by atoms with van der Waals surface area (Å²) in [6.07, 6.45) is 8.48. The largest absolute Gasteiger partial charge is 0.380 e. The van der Waals surface area contributed by atoms with Crippen molar-refractivity contribution < 1.29 is 4.74 Å². The average molecular weight is 254 g/mol. The van der Waals surface area contributed by atoms with Gasteiger partial charge >= 0.3 is 0 Å². The minimum absolute atomic E-state index is 0.818. The van der Waals surface area contributed by atoms with Crippen LogP contribution in [0.5, 0.6) is 0 Å². The van der Waals surface area contributed by atoms with Crippen LogP contribution >= 0.6 is 0 Å². The molecule has 0 aromatic rings. The Morgan fingerprint density at radius 2 is 1.78 bits per heavy atom. The molecule has 18 heavy (non-hydrogen) atoms. The number of rotatable bonds is 5. The zero-order valence-electron chi connectivity index (χ0n) is 12.1. The molecule has 2 rings (SSSR count). The second kappa shape index (κ2) is 8.13. The van der Waals surface area contributed by atoms with E-state index >= 15 is 0 Å². The van der Waals surface area contributed by atoms with Crippen LogP contribution in [0.25, 0.3) is 0 Å². The molecule has 2 aliphatic heterocycles. The molecule has 106 valence electrons. The van der Waals surface area contributed by atoms with Gasteiger partial charge in [-0.2, -0.15) is 0 Å². The molecule has 0 N–H and O–H groups in total. The molecule has 2 saturated heterocycles. The SMILES string of the molecule is CCOCCN1CCCC(N2CCCCCC2)C1. The first kappa shape index (κ1) is 14.3. The van der Waals surface area contributed by atoms with E-state index in [0.29, 0.717) is 0 Å². The number of hydrogen-bond donors (Lipinski definition) is 0. The van der Waals surface area contributed by atoms with Crippen molar-refractivity contribution in [2.45, 2.75) is 51.5 Å². The number of likely N-dealkylation sites (tertiary alicyclic amines) is 2. The summed E-state index contributed by atoms with van der Waals surface area (Å²) in [6, 6.07) is 0.818. The maximum Gasteiger partial charge on any atom is 0.0593 e. The first-order valence-electron chi connectivity index (χ1n) is 7.94. The molecule has 0 aromatic carbocycles. The van der Waals surface area contributed by atoms with Gasteiger partial charge in [-0.15, -0.1) is 0 Å². The lowest BCUT2D eigenvalue weighted by molar-refractivity contribution is 0.0668. The quantitative estimate of drug-likeness (QED) is 0.701. The van der Waals surface area contributed by atoms with Crippen molar-refractivity contribution in [2.75, 3.05) is 45.9 Å². The molecular formula is C15H30N2O. The van der Waals surface area contributed by atoms with Crippen LogP contribution in [0.4, 0.5) is 0 Å². The highest BCUT2D eigenvalue weighted by atomic mass is 16.5. The average Bonchev–Trinajstić information content (AvgIpc) is 2.68. The van der Waals surface area contributed by atoms with Gasteiger partial charge in [-0.25, -0.2) is 0 Å². The topological polar surface area (TPSA) is 15.7 Å². The van der Waals surface area contributed by atoms with Crippen LogP contribution in [0.2, 0.25) is 0 Å². The van der Waals surface area contributed by atoms with Crippen LogP contribution in [-0.4, -0.2) is 61.8 Å². The second-order valence-corrected chi connectivity index (χ2v) is 5.74. The fraction of sp³-hybridized carbons (Fsp3) is 1.00. The fourth-order valence-corrected chi connectivity index (χ4v) is 3.33. The summed E-state index contributed by atoms with van der Waals surface area (Å²) >= 11 is 0. The van der Waals surface area contributed by atoms with E-state index in [0.717, 1.165) is 25.8 Å². The van der Waals surface area contributed by atoms with Crippen molar-refractivity contribution in [1.29, 1.82) is 0 Å². The van der Waals surface area contributed by atoms with Gasteiger partial charge in [-0.1, -0.05) is 12.8 Å². The van der Waals surface area contributed by atoms with Crippen LogP contribution in [0.3, 0.4) is 0 Å². The third-order valence-electron chi connectivity index (χ3n) is 4.39. The molecule has 0 bridgehead atoms. The Balaban J connectivity index is 1.74. The Hall–Kier alpha value is -0.120. The van der Waals surface area contributed by atoms with Gasteiger partial charge in [-0.3, -0.25) is 9.80 Å². The maximum atomic E-state index is 5.48. The molecule has 1 unspecified atom stereocenters. The van der Waals surface area contributed by atoms with E-state index in [1.807, 2.05) is 0 Å². The summed E-state index contributed by atoms with van der Waals surface area (Å²) in [5, 5.41) is 0. The summed E-state index contributed by atoms with van der Waals surface area (Å²) in [4.78, 5) is 5.37. The molecule has 0 saturated carbocycles. The summed E-state index contributed by atoms with van der Waals surface area (Å²) in [5.41, 5.74) is 0. The van der Waals surface area contributed by atoms with Gasteiger partial charge < -0.3 is 4.74 Å². The number of hydrogen-bond acceptors (Lipinski definition) is 3. The van der Waals surface area contributed by atoms with Crippen LogP contribution in [0.1, 0.15) is 45.4 Å². The van der Waals surface area contributed by atoms with Crippen LogP contribution in [0, 0.1) is 0 Å². The lowest BCUT2D eigenvalue weighted by Crippen LogP contribution is -2.48. The van der Waals surface area contributed by atoms with Crippen molar-refractivity contribution in [1.82, 2.24) is 9.80 Å². The predicted molar refractivity (Wildman–Crippen MR) is 76.0 cm³/mol. The van der Waals surface area contributed by atoms with Crippen LogP contribution in [0.15, 0.2) is 0 Å². The molecule has 0 radical (unpaired) electrons. The molecule has 2 fully saturated rings. The molecule has 3 nitrogen and oxygen atoms in total. The minimum Gasteiger partial charge on any atom is -0.380 e. The molecule has 1 atom stereocenters. The fourth-order valence-electron chi connectivity index (χ4n) is 3.33. The number of nitrogens with zero attached hydrogens (tertiary/aromatic N) is 2. The van der Waals surface area contributed by atoms with Gasteiger partial charge in [0.2, 0.25) is 0 Å². The Morgan fingerprint density at radius 1 is 1.00 bits per heavy atom. The van der Waals surface area contributed by atoms with Gasteiger partial charge in [0.05, 0.1) is 6.61 Å². The van der Waals surface area contributed by atoms with Crippen LogP contribution < -0.4 is 0 Å². The smallest absolute Gasteiger partial charge is 0.0593 e. The molecule has 0 amide bonds. The molecule has 3 heteroatoms. The first-order valence-corrected chi connectivity index (χ1v) is 7.94. The van der Waals surface area contributed by atoms with E-state index in [1.165, 1.54) is 64.7 Å². The van der Waals surface area contributed by atoms with Gasteiger partial charge in [0, 0.05) is 25.7 Å². The van der Waals surface area contributed by atoms with E-state index in [4.69, 9.17) is 4.74 Å². The Labute approximate surface area is 112 Å². The van der Waals surface area contributed by atoms with Crippen molar-refractivity contribution >= 4 is 0 Å². The normalized spacial score (nSPS) is 28.2. The Morgan fingerprint density at radius 3 is 2.50 bits per heavy atom. The second-order valence-electron chi connectivity index (χ2n) is 5.74. The van der Waals surface area contributed by atoms with E-state index in [-0.39, 0.29) is 0 Å². The zero-order chi connectivity index (χ0) is 12.6. The first-order chi connectivity index (χ1) is 8.90. The molecule has 0 spiro atoms. The highest BCUT2D eigenvalue weighted by Gasteiger charge is 2.25. The minimum atomic E-state index is 0.818.